The zero-order valence-electron chi connectivity index (χ0n) is 7.44. The van der Waals surface area contributed by atoms with E-state index in [-0.39, 0.29) is 6.42 Å². The minimum atomic E-state index is -0.593. The normalized spacial score (nSPS) is 9.50. The highest BCUT2D eigenvalue weighted by molar-refractivity contribution is 7.13. The van der Waals surface area contributed by atoms with Crippen molar-refractivity contribution in [1.29, 1.82) is 0 Å². The molecule has 7 heteroatoms. The summed E-state index contributed by atoms with van der Waals surface area (Å²) in [4.78, 5) is 25.2. The van der Waals surface area contributed by atoms with Crippen molar-refractivity contribution >= 4 is 28.5 Å². The third-order valence-electron chi connectivity index (χ3n) is 1.30. The molecule has 1 rings (SSSR count). The molecular weight excluding hydrogens is 206 g/mol. The molecule has 1 aromatic rings. The predicted molar refractivity (Wildman–Crippen MR) is 51.0 cm³/mol. The molecule has 0 aromatic carbocycles. The molecule has 0 saturated heterocycles. The summed E-state index contributed by atoms with van der Waals surface area (Å²) in [5.74, 6) is -0.458. The van der Waals surface area contributed by atoms with Crippen LogP contribution in [-0.2, 0) is 16.0 Å². The SMILES string of the molecule is COC(=O)Nc1nc(CC(N)=O)cs1. The van der Waals surface area contributed by atoms with Gasteiger partial charge in [-0.1, -0.05) is 0 Å². The van der Waals surface area contributed by atoms with Gasteiger partial charge in [0.25, 0.3) is 0 Å². The van der Waals surface area contributed by atoms with Crippen LogP contribution in [-0.4, -0.2) is 24.1 Å². The van der Waals surface area contributed by atoms with Crippen LogP contribution in [0.3, 0.4) is 0 Å². The van der Waals surface area contributed by atoms with Gasteiger partial charge in [0, 0.05) is 5.38 Å². The van der Waals surface area contributed by atoms with Crippen molar-refractivity contribution in [3.05, 3.63) is 11.1 Å². The van der Waals surface area contributed by atoms with Crippen LogP contribution >= 0.6 is 11.3 Å². The summed E-state index contributed by atoms with van der Waals surface area (Å²) in [6.45, 7) is 0. The van der Waals surface area contributed by atoms with Gasteiger partial charge in [0.1, 0.15) is 0 Å². The molecule has 76 valence electrons. The van der Waals surface area contributed by atoms with Crippen molar-refractivity contribution in [3.8, 4) is 0 Å². The first-order valence-corrected chi connectivity index (χ1v) is 4.57. The van der Waals surface area contributed by atoms with Crippen molar-refractivity contribution in [2.45, 2.75) is 6.42 Å². The lowest BCUT2D eigenvalue weighted by atomic mass is 10.3. The zero-order valence-corrected chi connectivity index (χ0v) is 8.26. The van der Waals surface area contributed by atoms with E-state index in [0.717, 1.165) is 0 Å². The van der Waals surface area contributed by atoms with Crippen LogP contribution in [0, 0.1) is 0 Å². The Morgan fingerprint density at radius 1 is 1.71 bits per heavy atom. The van der Waals surface area contributed by atoms with Gasteiger partial charge in [-0.2, -0.15) is 0 Å². The first kappa shape index (κ1) is 10.5. The number of aromatic nitrogens is 1. The monoisotopic (exact) mass is 215 g/mol. The van der Waals surface area contributed by atoms with Crippen LogP contribution in [0.15, 0.2) is 5.38 Å². The molecule has 0 aliphatic carbocycles. The van der Waals surface area contributed by atoms with Crippen LogP contribution < -0.4 is 11.1 Å². The Morgan fingerprint density at radius 3 is 3.00 bits per heavy atom. The van der Waals surface area contributed by atoms with Gasteiger partial charge in [0.15, 0.2) is 5.13 Å². The number of nitrogens with zero attached hydrogens (tertiary/aromatic N) is 1. The Balaban J connectivity index is 2.59. The smallest absolute Gasteiger partial charge is 0.413 e. The van der Waals surface area contributed by atoms with Crippen molar-refractivity contribution < 1.29 is 14.3 Å². The molecule has 0 radical (unpaired) electrons. The fourth-order valence-corrected chi connectivity index (χ4v) is 1.46. The number of nitrogens with one attached hydrogen (secondary N) is 1. The van der Waals surface area contributed by atoms with Gasteiger partial charge < -0.3 is 10.5 Å². The van der Waals surface area contributed by atoms with E-state index in [0.29, 0.717) is 10.8 Å². The van der Waals surface area contributed by atoms with E-state index in [1.54, 1.807) is 5.38 Å². The number of primary amides is 1. The van der Waals surface area contributed by atoms with Crippen molar-refractivity contribution in [1.82, 2.24) is 4.98 Å². The fraction of sp³-hybridized carbons (Fsp3) is 0.286. The standard InChI is InChI=1S/C7H9N3O3S/c1-13-7(12)10-6-9-4(3-14-6)2-5(8)11/h3H,2H2,1H3,(H2,8,11)(H,9,10,12). The molecule has 0 bridgehead atoms. The number of thiazole rings is 1. The Labute approximate surface area is 84.1 Å². The van der Waals surface area contributed by atoms with Crippen LogP contribution in [0.1, 0.15) is 5.69 Å². The van der Waals surface area contributed by atoms with Gasteiger partial charge in [-0.3, -0.25) is 10.1 Å². The number of carbonyl (C=O) groups is 2. The van der Waals surface area contributed by atoms with Gasteiger partial charge in [0.2, 0.25) is 5.91 Å². The first-order valence-electron chi connectivity index (χ1n) is 3.69. The number of nitrogens with two attached hydrogens (primary N) is 1. The molecule has 0 saturated carbocycles. The topological polar surface area (TPSA) is 94.3 Å². The highest BCUT2D eigenvalue weighted by atomic mass is 32.1. The Bertz CT molecular complexity index is 350. The molecule has 0 fully saturated rings. The molecule has 14 heavy (non-hydrogen) atoms. The second kappa shape index (κ2) is 4.56. The number of methoxy groups -OCH3 is 1. The number of carbonyl (C=O) groups excluding carboxylic acids is 2. The Kier molecular flexibility index (Phi) is 3.41. The molecule has 1 heterocycles. The van der Waals surface area contributed by atoms with Crippen molar-refractivity contribution in [2.24, 2.45) is 5.73 Å². The maximum Gasteiger partial charge on any atom is 0.413 e. The van der Waals surface area contributed by atoms with E-state index < -0.39 is 12.0 Å². The molecule has 0 aliphatic rings. The molecule has 0 aliphatic heterocycles. The fourth-order valence-electron chi connectivity index (χ4n) is 0.762. The van der Waals surface area contributed by atoms with E-state index >= 15 is 0 Å². The largest absolute Gasteiger partial charge is 0.453 e. The molecule has 3 N–H and O–H groups in total. The molecular formula is C7H9N3O3S. The second-order valence-electron chi connectivity index (χ2n) is 2.40. The highest BCUT2D eigenvalue weighted by Gasteiger charge is 2.07. The van der Waals surface area contributed by atoms with E-state index in [1.165, 1.54) is 18.4 Å². The summed E-state index contributed by atoms with van der Waals surface area (Å²) in [7, 11) is 1.26. The minimum absolute atomic E-state index is 0.0688. The van der Waals surface area contributed by atoms with Crippen LogP contribution in [0.4, 0.5) is 9.93 Å². The van der Waals surface area contributed by atoms with E-state index in [1.807, 2.05) is 0 Å². The molecule has 1 aromatic heterocycles. The lowest BCUT2D eigenvalue weighted by Crippen LogP contribution is -2.14. The molecule has 0 unspecified atom stereocenters. The van der Waals surface area contributed by atoms with Gasteiger partial charge in [-0.15, -0.1) is 11.3 Å². The van der Waals surface area contributed by atoms with Crippen LogP contribution in [0.2, 0.25) is 0 Å². The third-order valence-corrected chi connectivity index (χ3v) is 2.11. The molecule has 2 amide bonds. The van der Waals surface area contributed by atoms with E-state index in [4.69, 9.17) is 5.73 Å². The van der Waals surface area contributed by atoms with Crippen LogP contribution in [0.25, 0.3) is 0 Å². The summed E-state index contributed by atoms with van der Waals surface area (Å²) in [6, 6.07) is 0. The molecule has 0 atom stereocenters. The number of anilines is 1. The Morgan fingerprint density at radius 2 is 2.43 bits per heavy atom. The average Bonchev–Trinajstić information content (AvgIpc) is 2.51. The van der Waals surface area contributed by atoms with Gasteiger partial charge in [-0.25, -0.2) is 9.78 Å². The third kappa shape index (κ3) is 3.02. The summed E-state index contributed by atoms with van der Waals surface area (Å²) in [5, 5.41) is 4.41. The number of hydrogen-bond acceptors (Lipinski definition) is 5. The predicted octanol–water partition coefficient (Wildman–Crippen LogP) is 0.349. The number of amides is 2. The second-order valence-corrected chi connectivity index (χ2v) is 3.26. The van der Waals surface area contributed by atoms with Crippen LogP contribution in [0.5, 0.6) is 0 Å². The number of ether oxygens (including phenoxy) is 1. The highest BCUT2D eigenvalue weighted by Crippen LogP contribution is 2.15. The molecule has 0 spiro atoms. The summed E-state index contributed by atoms with van der Waals surface area (Å²) in [6.07, 6.45) is -0.524. The lowest BCUT2D eigenvalue weighted by Gasteiger charge is -1.96. The number of hydrogen-bond donors (Lipinski definition) is 2. The molecule has 6 nitrogen and oxygen atoms in total. The van der Waals surface area contributed by atoms with Gasteiger partial charge >= 0.3 is 6.09 Å². The van der Waals surface area contributed by atoms with Crippen molar-refractivity contribution in [3.63, 3.8) is 0 Å². The van der Waals surface area contributed by atoms with Crippen molar-refractivity contribution in [2.75, 3.05) is 12.4 Å². The summed E-state index contributed by atoms with van der Waals surface area (Å²) < 4.78 is 4.37. The zero-order chi connectivity index (χ0) is 10.6. The number of rotatable bonds is 3. The quantitative estimate of drug-likeness (QED) is 0.760. The maximum absolute atomic E-state index is 10.8. The first-order chi connectivity index (χ1) is 6.61. The van der Waals surface area contributed by atoms with Gasteiger partial charge in [-0.05, 0) is 0 Å². The van der Waals surface area contributed by atoms with E-state index in [2.05, 4.69) is 15.0 Å². The maximum atomic E-state index is 10.8. The Hall–Kier alpha value is -1.63. The minimum Gasteiger partial charge on any atom is -0.453 e. The summed E-state index contributed by atoms with van der Waals surface area (Å²) >= 11 is 1.20. The van der Waals surface area contributed by atoms with E-state index in [9.17, 15) is 9.59 Å². The van der Waals surface area contributed by atoms with Gasteiger partial charge in [0.05, 0.1) is 19.2 Å². The summed E-state index contributed by atoms with van der Waals surface area (Å²) in [5.41, 5.74) is 5.51. The lowest BCUT2D eigenvalue weighted by molar-refractivity contribution is -0.117. The average molecular weight is 215 g/mol.